The summed E-state index contributed by atoms with van der Waals surface area (Å²) in [6, 6.07) is 5.71. The number of anilines is 2. The van der Waals surface area contributed by atoms with E-state index in [-0.39, 0.29) is 17.7 Å². The molecule has 5 nitrogen and oxygen atoms in total. The van der Waals surface area contributed by atoms with Gasteiger partial charge in [-0.15, -0.1) is 0 Å². The van der Waals surface area contributed by atoms with Gasteiger partial charge in [-0.2, -0.15) is 0 Å². The first kappa shape index (κ1) is 9.89. The second-order valence-corrected chi connectivity index (χ2v) is 4.12. The molecule has 0 saturated carbocycles. The van der Waals surface area contributed by atoms with E-state index in [0.717, 1.165) is 22.4 Å². The standard InChI is InChI=1S/C12H11N3O2/c1-6-8-4-7(9-5-14-17-11(9)13)2-3-10(8)15-12(6)16/h2-6H,13H2,1H3,(H,15,16). The molecule has 1 aromatic heterocycles. The van der Waals surface area contributed by atoms with E-state index in [1.165, 1.54) is 0 Å². The number of carbonyl (C=O) groups is 1. The van der Waals surface area contributed by atoms with E-state index in [1.807, 2.05) is 25.1 Å². The molecule has 1 atom stereocenters. The van der Waals surface area contributed by atoms with Crippen LogP contribution in [0.2, 0.25) is 0 Å². The number of nitrogens with two attached hydrogens (primary N) is 1. The lowest BCUT2D eigenvalue weighted by Crippen LogP contribution is -2.08. The Morgan fingerprint density at radius 2 is 2.29 bits per heavy atom. The van der Waals surface area contributed by atoms with Crippen LogP contribution in [0.1, 0.15) is 18.4 Å². The summed E-state index contributed by atoms with van der Waals surface area (Å²) in [4.78, 5) is 11.5. The first-order valence-electron chi connectivity index (χ1n) is 5.32. The number of nitrogens with one attached hydrogen (secondary N) is 1. The zero-order valence-corrected chi connectivity index (χ0v) is 9.23. The number of fused-ring (bicyclic) bond motifs is 1. The van der Waals surface area contributed by atoms with Gasteiger partial charge in [0.15, 0.2) is 0 Å². The van der Waals surface area contributed by atoms with Crippen LogP contribution in [-0.4, -0.2) is 11.1 Å². The smallest absolute Gasteiger partial charge is 0.231 e. The molecule has 1 unspecified atom stereocenters. The number of hydrogen-bond acceptors (Lipinski definition) is 4. The van der Waals surface area contributed by atoms with Gasteiger partial charge in [-0.05, 0) is 30.2 Å². The van der Waals surface area contributed by atoms with Crippen LogP contribution in [0, 0.1) is 0 Å². The van der Waals surface area contributed by atoms with Crippen molar-refractivity contribution in [2.24, 2.45) is 0 Å². The van der Waals surface area contributed by atoms with Crippen molar-refractivity contribution in [2.45, 2.75) is 12.8 Å². The minimum Gasteiger partial charge on any atom is -0.367 e. The van der Waals surface area contributed by atoms with Gasteiger partial charge in [0, 0.05) is 5.69 Å². The SMILES string of the molecule is CC1C(=O)Nc2ccc(-c3cnoc3N)cc21. The summed E-state index contributed by atoms with van der Waals surface area (Å²) in [6.45, 7) is 1.88. The highest BCUT2D eigenvalue weighted by atomic mass is 16.5. The maximum atomic E-state index is 11.5. The molecule has 0 spiro atoms. The molecule has 5 heteroatoms. The van der Waals surface area contributed by atoms with Crippen LogP contribution in [0.25, 0.3) is 11.1 Å². The van der Waals surface area contributed by atoms with Crippen LogP contribution in [0.3, 0.4) is 0 Å². The highest BCUT2D eigenvalue weighted by molar-refractivity contribution is 6.03. The molecule has 3 N–H and O–H groups in total. The fraction of sp³-hybridized carbons (Fsp3) is 0.167. The van der Waals surface area contributed by atoms with Crippen molar-refractivity contribution in [1.29, 1.82) is 0 Å². The molecule has 17 heavy (non-hydrogen) atoms. The monoisotopic (exact) mass is 229 g/mol. The molecule has 0 radical (unpaired) electrons. The molecule has 2 heterocycles. The highest BCUT2D eigenvalue weighted by Crippen LogP contribution is 2.36. The number of rotatable bonds is 1. The minimum absolute atomic E-state index is 0.0236. The summed E-state index contributed by atoms with van der Waals surface area (Å²) in [6.07, 6.45) is 1.58. The summed E-state index contributed by atoms with van der Waals surface area (Å²) in [5.41, 5.74) is 9.17. The summed E-state index contributed by atoms with van der Waals surface area (Å²) in [5.74, 6) is 0.177. The van der Waals surface area contributed by atoms with Gasteiger partial charge >= 0.3 is 0 Å². The molecular formula is C12H11N3O2. The Bertz CT molecular complexity index is 604. The quantitative estimate of drug-likeness (QED) is 0.783. The van der Waals surface area contributed by atoms with E-state index in [4.69, 9.17) is 10.3 Å². The molecule has 1 aliphatic heterocycles. The fourth-order valence-electron chi connectivity index (χ4n) is 2.05. The fourth-order valence-corrected chi connectivity index (χ4v) is 2.05. The number of aromatic nitrogens is 1. The first-order valence-corrected chi connectivity index (χ1v) is 5.32. The average molecular weight is 229 g/mol. The van der Waals surface area contributed by atoms with Crippen LogP contribution in [0.15, 0.2) is 28.9 Å². The van der Waals surface area contributed by atoms with E-state index < -0.39 is 0 Å². The normalized spacial score (nSPS) is 17.9. The number of carbonyl (C=O) groups excluding carboxylic acids is 1. The van der Waals surface area contributed by atoms with Crippen molar-refractivity contribution in [2.75, 3.05) is 11.1 Å². The van der Waals surface area contributed by atoms with Gasteiger partial charge in [0.05, 0.1) is 17.7 Å². The summed E-state index contributed by atoms with van der Waals surface area (Å²) >= 11 is 0. The van der Waals surface area contributed by atoms with E-state index in [0.29, 0.717) is 0 Å². The van der Waals surface area contributed by atoms with Gasteiger partial charge in [0.25, 0.3) is 0 Å². The Hall–Kier alpha value is -2.30. The average Bonchev–Trinajstić information content (AvgIpc) is 2.85. The third-order valence-electron chi connectivity index (χ3n) is 3.08. The van der Waals surface area contributed by atoms with Crippen LogP contribution >= 0.6 is 0 Å². The molecule has 3 rings (SSSR count). The Balaban J connectivity index is 2.12. The first-order chi connectivity index (χ1) is 8.16. The third kappa shape index (κ3) is 1.39. The van der Waals surface area contributed by atoms with E-state index in [2.05, 4.69) is 10.5 Å². The van der Waals surface area contributed by atoms with Gasteiger partial charge < -0.3 is 15.6 Å². The van der Waals surface area contributed by atoms with E-state index in [9.17, 15) is 4.79 Å². The van der Waals surface area contributed by atoms with Gasteiger partial charge in [-0.25, -0.2) is 0 Å². The number of benzene rings is 1. The molecule has 0 fully saturated rings. The number of hydrogen-bond donors (Lipinski definition) is 2. The van der Waals surface area contributed by atoms with E-state index in [1.54, 1.807) is 6.20 Å². The molecule has 86 valence electrons. The van der Waals surface area contributed by atoms with Crippen molar-refractivity contribution in [1.82, 2.24) is 5.16 Å². The Morgan fingerprint density at radius 3 is 3.00 bits per heavy atom. The van der Waals surface area contributed by atoms with Crippen LogP contribution in [0.5, 0.6) is 0 Å². The maximum absolute atomic E-state index is 11.5. The third-order valence-corrected chi connectivity index (χ3v) is 3.08. The molecule has 1 amide bonds. The molecule has 1 aromatic carbocycles. The van der Waals surface area contributed by atoms with Crippen molar-refractivity contribution in [3.63, 3.8) is 0 Å². The number of amides is 1. The predicted octanol–water partition coefficient (Wildman–Crippen LogP) is 1.98. The van der Waals surface area contributed by atoms with Gasteiger partial charge in [0.1, 0.15) is 0 Å². The Morgan fingerprint density at radius 1 is 1.47 bits per heavy atom. The lowest BCUT2D eigenvalue weighted by Gasteiger charge is -2.04. The van der Waals surface area contributed by atoms with Crippen LogP contribution < -0.4 is 11.1 Å². The van der Waals surface area contributed by atoms with Gasteiger partial charge in [-0.1, -0.05) is 11.2 Å². The van der Waals surface area contributed by atoms with Crippen LogP contribution in [0.4, 0.5) is 11.6 Å². The zero-order valence-electron chi connectivity index (χ0n) is 9.23. The molecule has 2 aromatic rings. The second-order valence-electron chi connectivity index (χ2n) is 4.12. The maximum Gasteiger partial charge on any atom is 0.231 e. The summed E-state index contributed by atoms with van der Waals surface area (Å²) in [5, 5.41) is 6.47. The Labute approximate surface area is 97.6 Å². The summed E-state index contributed by atoms with van der Waals surface area (Å²) in [7, 11) is 0. The van der Waals surface area contributed by atoms with Gasteiger partial charge in [0.2, 0.25) is 11.8 Å². The van der Waals surface area contributed by atoms with Crippen molar-refractivity contribution < 1.29 is 9.32 Å². The molecule has 0 aliphatic carbocycles. The second kappa shape index (κ2) is 3.35. The molecule has 1 aliphatic rings. The zero-order chi connectivity index (χ0) is 12.0. The topological polar surface area (TPSA) is 81.2 Å². The van der Waals surface area contributed by atoms with Crippen molar-refractivity contribution in [3.8, 4) is 11.1 Å². The predicted molar refractivity (Wildman–Crippen MR) is 63.4 cm³/mol. The van der Waals surface area contributed by atoms with Crippen molar-refractivity contribution >= 4 is 17.5 Å². The molecular weight excluding hydrogens is 218 g/mol. The number of nitrogen functional groups attached to an aromatic ring is 1. The molecule has 0 bridgehead atoms. The lowest BCUT2D eigenvalue weighted by atomic mass is 9.98. The minimum atomic E-state index is -0.133. The number of nitrogens with zero attached hydrogens (tertiary/aromatic N) is 1. The Kier molecular flexibility index (Phi) is 1.95. The lowest BCUT2D eigenvalue weighted by molar-refractivity contribution is -0.116. The summed E-state index contributed by atoms with van der Waals surface area (Å²) < 4.78 is 4.83. The molecule has 0 saturated heterocycles. The van der Waals surface area contributed by atoms with Crippen molar-refractivity contribution in [3.05, 3.63) is 30.0 Å². The van der Waals surface area contributed by atoms with Crippen LogP contribution in [-0.2, 0) is 4.79 Å². The van der Waals surface area contributed by atoms with Gasteiger partial charge in [-0.3, -0.25) is 4.79 Å². The highest BCUT2D eigenvalue weighted by Gasteiger charge is 2.26. The largest absolute Gasteiger partial charge is 0.367 e. The van der Waals surface area contributed by atoms with E-state index >= 15 is 0 Å².